The van der Waals surface area contributed by atoms with Crippen LogP contribution in [0.4, 0.5) is 5.13 Å². The quantitative estimate of drug-likeness (QED) is 0.923. The van der Waals surface area contributed by atoms with Gasteiger partial charge < -0.3 is 15.1 Å². The van der Waals surface area contributed by atoms with Crippen LogP contribution < -0.4 is 5.32 Å². The van der Waals surface area contributed by atoms with Crippen LogP contribution in [0.5, 0.6) is 0 Å². The third-order valence-electron chi connectivity index (χ3n) is 4.72. The van der Waals surface area contributed by atoms with E-state index in [4.69, 9.17) is 0 Å². The SMILES string of the molecule is CNc1nc(C)c(C(=O)N2C[C@@H](N(C)C)[C@H](C3CC3)C2)s1. The van der Waals surface area contributed by atoms with E-state index >= 15 is 0 Å². The molecular formula is C15H24N4OS. The Morgan fingerprint density at radius 2 is 2.10 bits per heavy atom. The molecule has 1 aliphatic heterocycles. The molecule has 1 aromatic heterocycles. The van der Waals surface area contributed by atoms with E-state index in [-0.39, 0.29) is 5.91 Å². The fourth-order valence-corrected chi connectivity index (χ4v) is 4.24. The van der Waals surface area contributed by atoms with Crippen LogP contribution in [-0.2, 0) is 0 Å². The Kier molecular flexibility index (Phi) is 3.92. The summed E-state index contributed by atoms with van der Waals surface area (Å²) in [6.07, 6.45) is 2.67. The van der Waals surface area contributed by atoms with E-state index < -0.39 is 0 Å². The van der Waals surface area contributed by atoms with Crippen molar-refractivity contribution in [1.82, 2.24) is 14.8 Å². The topological polar surface area (TPSA) is 48.5 Å². The summed E-state index contributed by atoms with van der Waals surface area (Å²) in [5.74, 6) is 1.62. The van der Waals surface area contributed by atoms with Crippen molar-refractivity contribution in [3.05, 3.63) is 10.6 Å². The van der Waals surface area contributed by atoms with Crippen molar-refractivity contribution in [2.75, 3.05) is 39.5 Å². The van der Waals surface area contributed by atoms with Gasteiger partial charge in [-0.1, -0.05) is 11.3 Å². The zero-order valence-electron chi connectivity index (χ0n) is 13.2. The number of amides is 1. The van der Waals surface area contributed by atoms with Crippen LogP contribution in [-0.4, -0.2) is 61.0 Å². The number of carbonyl (C=O) groups excluding carboxylic acids is 1. The molecule has 0 aromatic carbocycles. The molecule has 1 N–H and O–H groups in total. The second kappa shape index (κ2) is 5.57. The highest BCUT2D eigenvalue weighted by molar-refractivity contribution is 7.17. The monoisotopic (exact) mass is 308 g/mol. The summed E-state index contributed by atoms with van der Waals surface area (Å²) >= 11 is 1.46. The third-order valence-corrected chi connectivity index (χ3v) is 5.88. The number of carbonyl (C=O) groups is 1. The van der Waals surface area contributed by atoms with Gasteiger partial charge in [-0.25, -0.2) is 4.98 Å². The average molecular weight is 308 g/mol. The van der Waals surface area contributed by atoms with Gasteiger partial charge in [0.2, 0.25) is 0 Å². The van der Waals surface area contributed by atoms with Crippen molar-refractivity contribution in [2.24, 2.45) is 11.8 Å². The maximum absolute atomic E-state index is 12.8. The second-order valence-electron chi connectivity index (χ2n) is 6.43. The number of nitrogens with one attached hydrogen (secondary N) is 1. The number of aryl methyl sites for hydroxylation is 1. The highest BCUT2D eigenvalue weighted by Gasteiger charge is 2.45. The van der Waals surface area contributed by atoms with Crippen LogP contribution in [0.15, 0.2) is 0 Å². The Hall–Kier alpha value is -1.14. The molecule has 0 spiro atoms. The average Bonchev–Trinajstić information content (AvgIpc) is 3.08. The standard InChI is InChI=1S/C15H24N4OS/c1-9-13(21-15(16-2)17-9)14(20)19-7-11(10-5-6-10)12(8-19)18(3)4/h10-12H,5-8H2,1-4H3,(H,16,17)/t11-,12+/m0/s1. The minimum atomic E-state index is 0.154. The second-order valence-corrected chi connectivity index (χ2v) is 7.43. The predicted molar refractivity (Wildman–Crippen MR) is 86.0 cm³/mol. The van der Waals surface area contributed by atoms with Crippen molar-refractivity contribution in [2.45, 2.75) is 25.8 Å². The van der Waals surface area contributed by atoms with Gasteiger partial charge >= 0.3 is 0 Å². The first-order chi connectivity index (χ1) is 10.0. The van der Waals surface area contributed by atoms with Crippen LogP contribution in [0.2, 0.25) is 0 Å². The van der Waals surface area contributed by atoms with E-state index in [2.05, 4.69) is 29.3 Å². The summed E-state index contributed by atoms with van der Waals surface area (Å²) in [6.45, 7) is 3.67. The number of aromatic nitrogens is 1. The number of thiazole rings is 1. The molecule has 3 rings (SSSR count). The van der Waals surface area contributed by atoms with Crippen LogP contribution in [0, 0.1) is 18.8 Å². The third kappa shape index (κ3) is 2.79. The predicted octanol–water partition coefficient (Wildman–Crippen LogP) is 1.91. The van der Waals surface area contributed by atoms with Crippen molar-refractivity contribution in [3.63, 3.8) is 0 Å². The minimum Gasteiger partial charge on any atom is -0.365 e. The zero-order valence-corrected chi connectivity index (χ0v) is 14.0. The lowest BCUT2D eigenvalue weighted by Crippen LogP contribution is -2.36. The first-order valence-corrected chi connectivity index (χ1v) is 8.43. The van der Waals surface area contributed by atoms with E-state index in [1.54, 1.807) is 0 Å². The molecule has 1 saturated carbocycles. The summed E-state index contributed by atoms with van der Waals surface area (Å²) in [5.41, 5.74) is 0.839. The molecule has 1 aliphatic carbocycles. The fraction of sp³-hybridized carbons (Fsp3) is 0.733. The van der Waals surface area contributed by atoms with Crippen molar-refractivity contribution in [3.8, 4) is 0 Å². The number of hydrogen-bond acceptors (Lipinski definition) is 5. The Morgan fingerprint density at radius 3 is 2.62 bits per heavy atom. The van der Waals surface area contributed by atoms with E-state index in [1.165, 1.54) is 24.2 Å². The van der Waals surface area contributed by atoms with Gasteiger partial charge in [0.25, 0.3) is 5.91 Å². The van der Waals surface area contributed by atoms with Gasteiger partial charge in [0.05, 0.1) is 5.69 Å². The zero-order chi connectivity index (χ0) is 15.1. The van der Waals surface area contributed by atoms with Gasteiger partial charge in [-0.3, -0.25) is 4.79 Å². The van der Waals surface area contributed by atoms with E-state index in [1.807, 2.05) is 18.9 Å². The molecule has 0 radical (unpaired) electrons. The summed E-state index contributed by atoms with van der Waals surface area (Å²) in [6, 6.07) is 0.499. The molecule has 2 atom stereocenters. The molecule has 2 fully saturated rings. The number of likely N-dealkylation sites (N-methyl/N-ethyl adjacent to an activating group) is 1. The molecule has 2 aliphatic rings. The Morgan fingerprint density at radius 1 is 1.38 bits per heavy atom. The first kappa shape index (κ1) is 14.8. The summed E-state index contributed by atoms with van der Waals surface area (Å²) in [4.78, 5) is 22.3. The number of hydrogen-bond donors (Lipinski definition) is 1. The Labute approximate surface area is 130 Å². The maximum atomic E-state index is 12.8. The molecule has 116 valence electrons. The molecule has 1 saturated heterocycles. The lowest BCUT2D eigenvalue weighted by Gasteiger charge is -2.24. The van der Waals surface area contributed by atoms with Crippen LogP contribution >= 0.6 is 11.3 Å². The lowest BCUT2D eigenvalue weighted by atomic mass is 9.97. The van der Waals surface area contributed by atoms with Gasteiger partial charge in [-0.15, -0.1) is 0 Å². The van der Waals surface area contributed by atoms with E-state index in [9.17, 15) is 4.79 Å². The Balaban J connectivity index is 1.77. The summed E-state index contributed by atoms with van der Waals surface area (Å²) in [5, 5.41) is 3.84. The molecule has 0 unspecified atom stereocenters. The van der Waals surface area contributed by atoms with Crippen LogP contribution in [0.3, 0.4) is 0 Å². The van der Waals surface area contributed by atoms with Gasteiger partial charge in [0.15, 0.2) is 5.13 Å². The van der Waals surface area contributed by atoms with Gasteiger partial charge in [-0.05, 0) is 45.7 Å². The highest BCUT2D eigenvalue weighted by atomic mass is 32.1. The van der Waals surface area contributed by atoms with Crippen molar-refractivity contribution >= 4 is 22.4 Å². The molecular weight excluding hydrogens is 284 g/mol. The molecule has 2 heterocycles. The maximum Gasteiger partial charge on any atom is 0.265 e. The normalized spacial score (nSPS) is 25.7. The fourth-order valence-electron chi connectivity index (χ4n) is 3.36. The molecule has 6 heteroatoms. The van der Waals surface area contributed by atoms with Gasteiger partial charge in [0.1, 0.15) is 4.88 Å². The van der Waals surface area contributed by atoms with E-state index in [0.29, 0.717) is 12.0 Å². The molecule has 1 aromatic rings. The number of anilines is 1. The number of nitrogens with zero attached hydrogens (tertiary/aromatic N) is 3. The smallest absolute Gasteiger partial charge is 0.265 e. The van der Waals surface area contributed by atoms with E-state index in [0.717, 1.165) is 34.7 Å². The summed E-state index contributed by atoms with van der Waals surface area (Å²) in [7, 11) is 6.10. The number of rotatable bonds is 4. The molecule has 1 amide bonds. The number of likely N-dealkylation sites (tertiary alicyclic amines) is 1. The molecule has 0 bridgehead atoms. The first-order valence-electron chi connectivity index (χ1n) is 7.62. The minimum absolute atomic E-state index is 0.154. The lowest BCUT2D eigenvalue weighted by molar-refractivity contribution is 0.0784. The van der Waals surface area contributed by atoms with Crippen molar-refractivity contribution < 1.29 is 4.79 Å². The van der Waals surface area contributed by atoms with Crippen LogP contribution in [0.1, 0.15) is 28.2 Å². The molecule has 21 heavy (non-hydrogen) atoms. The highest BCUT2D eigenvalue weighted by Crippen LogP contribution is 2.43. The largest absolute Gasteiger partial charge is 0.365 e. The van der Waals surface area contributed by atoms with Crippen LogP contribution in [0.25, 0.3) is 0 Å². The summed E-state index contributed by atoms with van der Waals surface area (Å²) < 4.78 is 0. The van der Waals surface area contributed by atoms with Crippen molar-refractivity contribution in [1.29, 1.82) is 0 Å². The van der Waals surface area contributed by atoms with Gasteiger partial charge in [0, 0.05) is 26.2 Å². The van der Waals surface area contributed by atoms with Gasteiger partial charge in [-0.2, -0.15) is 0 Å². The Bertz CT molecular complexity index is 528. The molecule has 5 nitrogen and oxygen atoms in total.